The molecule has 2 amide bonds. The first-order chi connectivity index (χ1) is 27.3. The Bertz CT molecular complexity index is 1870. The smallest absolute Gasteiger partial charge is 0.373 e. The number of nitrogens with one attached hydrogen (secondary N) is 2. The number of carbonyl (C=O) groups excluding carboxylic acids is 2. The van der Waals surface area contributed by atoms with Crippen LogP contribution in [-0.4, -0.2) is 11.8 Å². The molecule has 292 valence electrons. The van der Waals surface area contributed by atoms with Gasteiger partial charge in [-0.1, -0.05) is 74.9 Å². The molecule has 0 saturated heterocycles. The van der Waals surface area contributed by atoms with E-state index in [0.717, 1.165) is 61.8 Å². The third-order valence-electron chi connectivity index (χ3n) is 9.89. The zero-order valence-electron chi connectivity index (χ0n) is 31.9. The molecule has 4 aliphatic carbocycles. The topological polar surface area (TPSA) is 58.2 Å². The van der Waals surface area contributed by atoms with E-state index in [1.165, 1.54) is 50.7 Å². The molecule has 0 unspecified atom stereocenters. The molecule has 9 heteroatoms. The Morgan fingerprint density at radius 2 is 0.912 bits per heavy atom. The van der Waals surface area contributed by atoms with Gasteiger partial charge in [-0.25, -0.2) is 41.9 Å². The van der Waals surface area contributed by atoms with Gasteiger partial charge < -0.3 is 10.6 Å². The van der Waals surface area contributed by atoms with Crippen LogP contribution in [0.1, 0.15) is 121 Å². The van der Waals surface area contributed by atoms with Gasteiger partial charge in [0.1, 0.15) is 0 Å². The van der Waals surface area contributed by atoms with E-state index in [2.05, 4.69) is 34.9 Å². The molecule has 2 fully saturated rings. The number of hydrogen-bond donors (Lipinski definition) is 2. The molecule has 4 aromatic rings. The molecule has 4 aromatic carbocycles. The van der Waals surface area contributed by atoms with Gasteiger partial charge in [0.25, 0.3) is 0 Å². The minimum Gasteiger partial charge on any atom is -0.373 e. The predicted octanol–water partition coefficient (Wildman–Crippen LogP) is 12.7. The quantitative estimate of drug-likeness (QED) is 0.116. The van der Waals surface area contributed by atoms with E-state index in [1.54, 1.807) is 24.3 Å². The van der Waals surface area contributed by atoms with Crippen molar-refractivity contribution in [3.8, 4) is 0 Å². The van der Waals surface area contributed by atoms with Gasteiger partial charge in [0.05, 0.1) is 0 Å². The molecule has 4 nitrogen and oxygen atoms in total. The van der Waals surface area contributed by atoms with Crippen LogP contribution in [0.15, 0.2) is 109 Å². The number of halogens is 4. The average molecular weight is 807 g/mol. The number of amides is 2. The first kappa shape index (κ1) is 44.9. The molecular weight excluding hydrogens is 760 g/mol. The number of carbonyl (C=O) groups is 2. The molecule has 2 N–H and O–H groups in total. The summed E-state index contributed by atoms with van der Waals surface area (Å²) in [4.78, 5) is 25.1. The second-order valence-corrected chi connectivity index (χ2v) is 13.8. The zero-order valence-corrected chi connectivity index (χ0v) is 33.4. The Balaban J connectivity index is 0.000000200. The minimum absolute atomic E-state index is 0. The molecule has 4 aliphatic rings. The van der Waals surface area contributed by atoms with Crippen molar-refractivity contribution in [3.63, 3.8) is 0 Å². The molecule has 57 heavy (non-hydrogen) atoms. The normalized spacial score (nSPS) is 15.5. The van der Waals surface area contributed by atoms with Gasteiger partial charge in [-0.05, 0) is 72.2 Å². The van der Waals surface area contributed by atoms with Crippen LogP contribution < -0.4 is 10.6 Å². The van der Waals surface area contributed by atoms with E-state index >= 15 is 0 Å². The number of hydrogen-bond acceptors (Lipinski definition) is 2. The summed E-state index contributed by atoms with van der Waals surface area (Å²) in [6, 6.07) is 23.3. The van der Waals surface area contributed by atoms with Crippen molar-refractivity contribution in [2.24, 2.45) is 0 Å². The summed E-state index contributed by atoms with van der Waals surface area (Å²) in [5.74, 6) is -3.37. The van der Waals surface area contributed by atoms with Gasteiger partial charge in [-0.3, -0.25) is 21.7 Å². The van der Waals surface area contributed by atoms with E-state index in [1.807, 2.05) is 60.7 Å². The van der Waals surface area contributed by atoms with Crippen molar-refractivity contribution < 1.29 is 48.9 Å². The fourth-order valence-electron chi connectivity index (χ4n) is 7.09. The van der Waals surface area contributed by atoms with Gasteiger partial charge in [0.15, 0.2) is 0 Å². The number of rotatable bonds is 6. The first-order valence-electron chi connectivity index (χ1n) is 19.3. The van der Waals surface area contributed by atoms with Crippen LogP contribution in [-0.2, 0) is 21.7 Å². The van der Waals surface area contributed by atoms with Gasteiger partial charge in [0, 0.05) is 34.4 Å². The van der Waals surface area contributed by atoms with Crippen LogP contribution in [0, 0.1) is 47.6 Å². The molecule has 0 aliphatic heterocycles. The Kier molecular flexibility index (Phi) is 19.0. The molecule has 0 radical (unpaired) electrons. The molecule has 0 heterocycles. The largest absolute Gasteiger partial charge is 4.00 e. The summed E-state index contributed by atoms with van der Waals surface area (Å²) in [6.45, 7) is 0. The van der Waals surface area contributed by atoms with Crippen LogP contribution in [0.25, 0.3) is 0 Å². The van der Waals surface area contributed by atoms with Crippen molar-refractivity contribution in [1.29, 1.82) is 0 Å². The summed E-state index contributed by atoms with van der Waals surface area (Å²) in [6.07, 6.45) is 31.4. The number of allylic oxidation sites excluding steroid dienone is 8. The zero-order chi connectivity index (χ0) is 39.5. The molecule has 0 spiro atoms. The fourth-order valence-corrected chi connectivity index (χ4v) is 7.09. The van der Waals surface area contributed by atoms with Crippen LogP contribution in [0.5, 0.6) is 0 Å². The maximum absolute atomic E-state index is 13.7. The van der Waals surface area contributed by atoms with Crippen LogP contribution >= 0.6 is 0 Å². The van der Waals surface area contributed by atoms with Crippen molar-refractivity contribution in [2.45, 2.75) is 88.9 Å². The van der Waals surface area contributed by atoms with Crippen molar-refractivity contribution in [2.75, 3.05) is 10.6 Å². The van der Waals surface area contributed by atoms with E-state index < -0.39 is 23.3 Å². The molecule has 2 saturated carbocycles. The number of benzene rings is 4. The molecule has 0 atom stereocenters. The first-order valence-corrected chi connectivity index (χ1v) is 19.3. The Hall–Kier alpha value is -4.79. The summed E-state index contributed by atoms with van der Waals surface area (Å²) < 4.78 is 53.2. The average Bonchev–Trinajstić information content (AvgIpc) is 4.02. The summed E-state index contributed by atoms with van der Waals surface area (Å²) in [7, 11) is 0. The van der Waals surface area contributed by atoms with Crippen molar-refractivity contribution >= 4 is 23.2 Å². The van der Waals surface area contributed by atoms with Gasteiger partial charge in [0.2, 0.25) is 11.8 Å². The molecular formula is C48H46F4N2O2Ti. The predicted molar refractivity (Wildman–Crippen MR) is 214 cm³/mol. The third-order valence-corrected chi connectivity index (χ3v) is 9.89. The van der Waals surface area contributed by atoms with Gasteiger partial charge >= 0.3 is 21.7 Å². The van der Waals surface area contributed by atoms with Crippen LogP contribution in [0.4, 0.5) is 28.9 Å². The van der Waals surface area contributed by atoms with E-state index in [0.29, 0.717) is 23.0 Å². The van der Waals surface area contributed by atoms with E-state index in [-0.39, 0.29) is 44.9 Å². The maximum atomic E-state index is 13.7. The SMILES string of the molecule is O=C(Nc1ccc(F)[c-]c1F)c1ccccc1C1CCCCC1.O=C(Nc1ccc(F)[c-]c1F)c1ccccc1C1CCCCC1.[C-]1=CC=CC1.[C-]1=CC=CC1.[Ti+4]. The Morgan fingerprint density at radius 3 is 1.23 bits per heavy atom. The molecule has 0 aromatic heterocycles. The van der Waals surface area contributed by atoms with E-state index in [4.69, 9.17) is 0 Å². The number of anilines is 2. The minimum atomic E-state index is -0.895. The fraction of sp³-hybridized carbons (Fsp3) is 0.292. The second-order valence-electron chi connectivity index (χ2n) is 13.8. The summed E-state index contributed by atoms with van der Waals surface area (Å²) >= 11 is 0. The van der Waals surface area contributed by atoms with Gasteiger partial charge in [-0.15, -0.1) is 49.2 Å². The summed E-state index contributed by atoms with van der Waals surface area (Å²) in [5, 5.41) is 5.04. The maximum Gasteiger partial charge on any atom is 4.00 e. The summed E-state index contributed by atoms with van der Waals surface area (Å²) in [5.41, 5.74) is 3.02. The van der Waals surface area contributed by atoms with Gasteiger partial charge in [-0.2, -0.15) is 12.2 Å². The van der Waals surface area contributed by atoms with Crippen molar-refractivity contribution in [1.82, 2.24) is 0 Å². The van der Waals surface area contributed by atoms with E-state index in [9.17, 15) is 27.2 Å². The Labute approximate surface area is 349 Å². The molecule has 8 rings (SSSR count). The Morgan fingerprint density at radius 1 is 0.526 bits per heavy atom. The van der Waals surface area contributed by atoms with Crippen LogP contribution in [0.3, 0.4) is 0 Å². The molecule has 0 bridgehead atoms. The standard InChI is InChI=1S/2C19H18F2NO.2C5H5.Ti/c2*20-14-10-11-18(17(21)12-14)22-19(23)16-9-5-4-8-15(16)13-6-2-1-3-7-13;2*1-2-4-5-3-1;/h2*4-5,8-11,13H,1-3,6-7H2,(H,22,23);2*1-3H,4H2;/q4*-1;+4. The monoisotopic (exact) mass is 806 g/mol. The second kappa shape index (κ2) is 24.1. The van der Waals surface area contributed by atoms with Crippen molar-refractivity contribution in [3.05, 3.63) is 179 Å². The third kappa shape index (κ3) is 14.3. The van der Waals surface area contributed by atoms with Crippen LogP contribution in [0.2, 0.25) is 0 Å².